The fourth-order valence-corrected chi connectivity index (χ4v) is 3.50. The molecule has 2 aliphatic heterocycles. The second kappa shape index (κ2) is 10.8. The summed E-state index contributed by atoms with van der Waals surface area (Å²) in [6.45, 7) is 1.61. The number of rotatable bonds is 11. The van der Waals surface area contributed by atoms with Crippen molar-refractivity contribution in [2.24, 2.45) is 0 Å². The standard InChI is InChI=1S/C21H25N3O8/c1-30-17(26)7-9-31-11-12-32-10-8-22-14-4-2-3-13-18(14)21(29)24(20(13)28)15-5-6-16(25)23-19(15)27/h2-4,15,22H,5-12H2,1H3,(H,23,25,27). The minimum atomic E-state index is -1.00. The maximum absolute atomic E-state index is 13.0. The van der Waals surface area contributed by atoms with Crippen molar-refractivity contribution < 1.29 is 38.2 Å². The van der Waals surface area contributed by atoms with Crippen LogP contribution in [0.4, 0.5) is 5.69 Å². The Hall–Kier alpha value is -3.31. The maximum Gasteiger partial charge on any atom is 0.307 e. The smallest absolute Gasteiger partial charge is 0.307 e. The van der Waals surface area contributed by atoms with E-state index in [1.807, 2.05) is 0 Å². The number of hydrogen-bond donors (Lipinski definition) is 2. The molecule has 0 aliphatic carbocycles. The SMILES string of the molecule is COC(=O)CCOCCOCCNc1cccc2c1C(=O)N(C1CCC(=O)NC1=O)C2=O. The number of ether oxygens (including phenoxy) is 3. The maximum atomic E-state index is 13.0. The fraction of sp³-hybridized carbons (Fsp3) is 0.476. The first-order valence-corrected chi connectivity index (χ1v) is 10.2. The van der Waals surface area contributed by atoms with Crippen molar-refractivity contribution in [2.75, 3.05) is 45.4 Å². The van der Waals surface area contributed by atoms with Gasteiger partial charge < -0.3 is 19.5 Å². The molecule has 2 aliphatic rings. The summed E-state index contributed by atoms with van der Waals surface area (Å²) in [7, 11) is 1.32. The molecule has 2 heterocycles. The average Bonchev–Trinajstić information content (AvgIpc) is 3.03. The monoisotopic (exact) mass is 447 g/mol. The second-order valence-electron chi connectivity index (χ2n) is 7.15. The quantitative estimate of drug-likeness (QED) is 0.274. The highest BCUT2D eigenvalue weighted by Gasteiger charge is 2.45. The highest BCUT2D eigenvalue weighted by Crippen LogP contribution is 2.32. The molecule has 172 valence electrons. The molecule has 1 aromatic carbocycles. The lowest BCUT2D eigenvalue weighted by Gasteiger charge is -2.27. The third kappa shape index (κ3) is 5.29. The van der Waals surface area contributed by atoms with Crippen LogP contribution in [0.1, 0.15) is 40.0 Å². The van der Waals surface area contributed by atoms with Gasteiger partial charge in [-0.2, -0.15) is 0 Å². The zero-order chi connectivity index (χ0) is 23.1. The van der Waals surface area contributed by atoms with Crippen LogP contribution < -0.4 is 10.6 Å². The summed E-state index contributed by atoms with van der Waals surface area (Å²) in [5, 5.41) is 5.26. The van der Waals surface area contributed by atoms with Gasteiger partial charge in [-0.25, -0.2) is 0 Å². The number of imide groups is 2. The molecular formula is C21H25N3O8. The van der Waals surface area contributed by atoms with Crippen molar-refractivity contribution in [3.8, 4) is 0 Å². The van der Waals surface area contributed by atoms with Crippen molar-refractivity contribution in [1.29, 1.82) is 0 Å². The number of nitrogens with zero attached hydrogens (tertiary/aromatic N) is 1. The van der Waals surface area contributed by atoms with Gasteiger partial charge in [-0.3, -0.25) is 34.2 Å². The van der Waals surface area contributed by atoms with Gasteiger partial charge >= 0.3 is 5.97 Å². The minimum Gasteiger partial charge on any atom is -0.469 e. The zero-order valence-corrected chi connectivity index (χ0v) is 17.7. The summed E-state index contributed by atoms with van der Waals surface area (Å²) in [5.74, 6) is -2.52. The first kappa shape index (κ1) is 23.4. The molecule has 32 heavy (non-hydrogen) atoms. The number of anilines is 1. The van der Waals surface area contributed by atoms with Gasteiger partial charge in [0, 0.05) is 18.7 Å². The lowest BCUT2D eigenvalue weighted by Crippen LogP contribution is -2.54. The molecule has 4 amide bonds. The van der Waals surface area contributed by atoms with Crippen LogP contribution in [0, 0.1) is 0 Å². The van der Waals surface area contributed by atoms with E-state index in [1.54, 1.807) is 12.1 Å². The number of methoxy groups -OCH3 is 1. The molecule has 1 aromatic rings. The molecule has 1 unspecified atom stereocenters. The van der Waals surface area contributed by atoms with Gasteiger partial charge in [-0.15, -0.1) is 0 Å². The third-order valence-electron chi connectivity index (χ3n) is 5.08. The summed E-state index contributed by atoms with van der Waals surface area (Å²) in [4.78, 5) is 61.2. The lowest BCUT2D eigenvalue weighted by molar-refractivity contribution is -0.142. The molecule has 11 nitrogen and oxygen atoms in total. The Labute approximate surface area is 184 Å². The Morgan fingerprint density at radius 2 is 1.84 bits per heavy atom. The minimum absolute atomic E-state index is 0.0681. The molecule has 11 heteroatoms. The number of amides is 4. The number of carbonyl (C=O) groups excluding carboxylic acids is 5. The van der Waals surface area contributed by atoms with E-state index < -0.39 is 29.7 Å². The van der Waals surface area contributed by atoms with Crippen LogP contribution in [0.2, 0.25) is 0 Å². The number of benzene rings is 1. The molecule has 0 spiro atoms. The van der Waals surface area contributed by atoms with Crippen molar-refractivity contribution >= 4 is 35.3 Å². The second-order valence-corrected chi connectivity index (χ2v) is 7.15. The van der Waals surface area contributed by atoms with Crippen LogP contribution in [0.15, 0.2) is 18.2 Å². The molecule has 3 rings (SSSR count). The highest BCUT2D eigenvalue weighted by molar-refractivity contribution is 6.25. The Morgan fingerprint density at radius 1 is 1.09 bits per heavy atom. The van der Waals surface area contributed by atoms with E-state index in [0.29, 0.717) is 32.1 Å². The van der Waals surface area contributed by atoms with E-state index in [4.69, 9.17) is 9.47 Å². The van der Waals surface area contributed by atoms with Gasteiger partial charge in [0.1, 0.15) is 6.04 Å². The topological polar surface area (TPSA) is 140 Å². The molecule has 2 N–H and O–H groups in total. The van der Waals surface area contributed by atoms with Crippen LogP contribution in [-0.4, -0.2) is 80.6 Å². The van der Waals surface area contributed by atoms with Crippen molar-refractivity contribution in [3.63, 3.8) is 0 Å². The number of nitrogens with one attached hydrogen (secondary N) is 2. The van der Waals surface area contributed by atoms with E-state index in [2.05, 4.69) is 15.4 Å². The predicted octanol–water partition coefficient (Wildman–Crippen LogP) is 0.0960. The first-order chi connectivity index (χ1) is 15.4. The Morgan fingerprint density at radius 3 is 2.56 bits per heavy atom. The van der Waals surface area contributed by atoms with Gasteiger partial charge in [0.2, 0.25) is 11.8 Å². The number of carbonyl (C=O) groups is 5. The Bertz CT molecular complexity index is 916. The molecule has 0 saturated carbocycles. The molecule has 1 atom stereocenters. The number of esters is 1. The van der Waals surface area contributed by atoms with Gasteiger partial charge in [0.05, 0.1) is 51.1 Å². The van der Waals surface area contributed by atoms with E-state index >= 15 is 0 Å². The Balaban J connectivity index is 1.49. The third-order valence-corrected chi connectivity index (χ3v) is 5.08. The Kier molecular flexibility index (Phi) is 7.90. The lowest BCUT2D eigenvalue weighted by atomic mass is 10.0. The molecule has 0 radical (unpaired) electrons. The number of hydrogen-bond acceptors (Lipinski definition) is 9. The normalized spacial score (nSPS) is 17.9. The summed E-state index contributed by atoms with van der Waals surface area (Å²) in [6, 6.07) is 3.86. The van der Waals surface area contributed by atoms with Gasteiger partial charge in [-0.1, -0.05) is 6.07 Å². The largest absolute Gasteiger partial charge is 0.469 e. The molecule has 1 saturated heterocycles. The van der Waals surface area contributed by atoms with Crippen LogP contribution >= 0.6 is 0 Å². The van der Waals surface area contributed by atoms with Crippen molar-refractivity contribution in [2.45, 2.75) is 25.3 Å². The number of fused-ring (bicyclic) bond motifs is 1. The van der Waals surface area contributed by atoms with E-state index in [-0.39, 0.29) is 43.0 Å². The predicted molar refractivity (Wildman–Crippen MR) is 110 cm³/mol. The average molecular weight is 447 g/mol. The molecular weight excluding hydrogens is 422 g/mol. The van der Waals surface area contributed by atoms with E-state index in [1.165, 1.54) is 13.2 Å². The van der Waals surface area contributed by atoms with Crippen molar-refractivity contribution in [1.82, 2.24) is 10.2 Å². The van der Waals surface area contributed by atoms with Crippen LogP contribution in [0.5, 0.6) is 0 Å². The van der Waals surface area contributed by atoms with E-state index in [9.17, 15) is 24.0 Å². The summed E-state index contributed by atoms with van der Waals surface area (Å²) < 4.78 is 15.2. The summed E-state index contributed by atoms with van der Waals surface area (Å²) >= 11 is 0. The molecule has 0 aromatic heterocycles. The van der Waals surface area contributed by atoms with Crippen LogP contribution in [0.25, 0.3) is 0 Å². The van der Waals surface area contributed by atoms with E-state index in [0.717, 1.165) is 4.90 Å². The van der Waals surface area contributed by atoms with Crippen LogP contribution in [-0.2, 0) is 28.6 Å². The van der Waals surface area contributed by atoms with Gasteiger partial charge in [0.25, 0.3) is 11.8 Å². The van der Waals surface area contributed by atoms with Crippen LogP contribution in [0.3, 0.4) is 0 Å². The molecule has 1 fully saturated rings. The number of piperidine rings is 1. The summed E-state index contributed by atoms with van der Waals surface area (Å²) in [5.41, 5.74) is 0.881. The van der Waals surface area contributed by atoms with Crippen molar-refractivity contribution in [3.05, 3.63) is 29.3 Å². The fourth-order valence-electron chi connectivity index (χ4n) is 3.50. The highest BCUT2D eigenvalue weighted by atomic mass is 16.5. The van der Waals surface area contributed by atoms with Gasteiger partial charge in [0.15, 0.2) is 0 Å². The summed E-state index contributed by atoms with van der Waals surface area (Å²) in [6.07, 6.45) is 0.354. The molecule has 0 bridgehead atoms. The zero-order valence-electron chi connectivity index (χ0n) is 17.7. The van der Waals surface area contributed by atoms with Gasteiger partial charge in [-0.05, 0) is 18.6 Å². The first-order valence-electron chi connectivity index (χ1n) is 10.2.